The summed E-state index contributed by atoms with van der Waals surface area (Å²) in [5.41, 5.74) is 0.963. The smallest absolute Gasteiger partial charge is 0.333 e. The molecule has 0 heterocycles. The first-order valence-electron chi connectivity index (χ1n) is 5.92. The lowest BCUT2D eigenvalue weighted by molar-refractivity contribution is -0.146. The lowest BCUT2D eigenvalue weighted by Gasteiger charge is -2.04. The second kappa shape index (κ2) is 7.89. The maximum absolute atomic E-state index is 12.6. The largest absolute Gasteiger partial charge is 0.459 e. The third kappa shape index (κ3) is 5.95. The van der Waals surface area contributed by atoms with Crippen molar-refractivity contribution < 1.29 is 23.5 Å². The van der Waals surface area contributed by atoms with Crippen LogP contribution in [0.1, 0.15) is 12.5 Å². The molecule has 1 aromatic rings. The van der Waals surface area contributed by atoms with E-state index in [1.807, 2.05) is 0 Å². The number of halogens is 1. The quantitative estimate of drug-likeness (QED) is 0.456. The molecule has 1 rings (SSSR count). The average molecular weight is 278 g/mol. The summed E-state index contributed by atoms with van der Waals surface area (Å²) < 4.78 is 22.2. The number of rotatable bonds is 6. The molecule has 0 amide bonds. The Kier molecular flexibility index (Phi) is 6.16. The summed E-state index contributed by atoms with van der Waals surface area (Å²) in [6.45, 7) is 4.88. The van der Waals surface area contributed by atoms with Crippen molar-refractivity contribution in [2.24, 2.45) is 0 Å². The van der Waals surface area contributed by atoms with Gasteiger partial charge in [-0.25, -0.2) is 14.0 Å². The maximum Gasteiger partial charge on any atom is 0.333 e. The van der Waals surface area contributed by atoms with Crippen LogP contribution in [0.25, 0.3) is 6.08 Å². The molecule has 0 unspecified atom stereocenters. The average Bonchev–Trinajstić information content (AvgIpc) is 2.42. The zero-order chi connectivity index (χ0) is 15.0. The predicted octanol–water partition coefficient (Wildman–Crippen LogP) is 2.50. The van der Waals surface area contributed by atoms with Crippen LogP contribution in [-0.2, 0) is 19.1 Å². The van der Waals surface area contributed by atoms with Gasteiger partial charge in [-0.05, 0) is 30.7 Å². The van der Waals surface area contributed by atoms with Gasteiger partial charge in [-0.15, -0.1) is 0 Å². The van der Waals surface area contributed by atoms with Crippen LogP contribution in [0.2, 0.25) is 0 Å². The van der Waals surface area contributed by atoms with Crippen LogP contribution in [0, 0.1) is 5.82 Å². The van der Waals surface area contributed by atoms with Crippen LogP contribution in [0.4, 0.5) is 4.39 Å². The van der Waals surface area contributed by atoms with Gasteiger partial charge in [-0.3, -0.25) is 0 Å². The van der Waals surface area contributed by atoms with E-state index in [1.54, 1.807) is 0 Å². The van der Waals surface area contributed by atoms with Crippen molar-refractivity contribution in [3.05, 3.63) is 53.9 Å². The fraction of sp³-hybridized carbons (Fsp3) is 0.200. The van der Waals surface area contributed by atoms with Crippen molar-refractivity contribution in [3.8, 4) is 0 Å². The Morgan fingerprint density at radius 3 is 2.40 bits per heavy atom. The van der Waals surface area contributed by atoms with E-state index in [-0.39, 0.29) is 24.6 Å². The van der Waals surface area contributed by atoms with Crippen LogP contribution in [0.15, 0.2) is 42.5 Å². The molecule has 0 radical (unpaired) electrons. The molecule has 4 nitrogen and oxygen atoms in total. The Bertz CT molecular complexity index is 517. The molecule has 5 heteroatoms. The number of carbonyl (C=O) groups is 2. The minimum absolute atomic E-state index is 0.0260. The molecule has 1 aromatic carbocycles. The summed E-state index contributed by atoms with van der Waals surface area (Å²) in [5, 5.41) is 0. The molecule has 0 aliphatic carbocycles. The highest BCUT2D eigenvalue weighted by atomic mass is 19.1. The number of hydrogen-bond acceptors (Lipinski definition) is 4. The second-order valence-corrected chi connectivity index (χ2v) is 3.97. The van der Waals surface area contributed by atoms with Crippen LogP contribution >= 0.6 is 0 Å². The summed E-state index contributed by atoms with van der Waals surface area (Å²) in [6.07, 6.45) is 2.72. The Morgan fingerprint density at radius 1 is 1.20 bits per heavy atom. The fourth-order valence-electron chi connectivity index (χ4n) is 1.19. The van der Waals surface area contributed by atoms with Crippen molar-refractivity contribution in [1.29, 1.82) is 0 Å². The Hall–Kier alpha value is -2.43. The van der Waals surface area contributed by atoms with Gasteiger partial charge in [0, 0.05) is 11.6 Å². The zero-order valence-corrected chi connectivity index (χ0v) is 11.1. The van der Waals surface area contributed by atoms with Gasteiger partial charge in [0.15, 0.2) is 0 Å². The number of hydrogen-bond donors (Lipinski definition) is 0. The number of carbonyl (C=O) groups excluding carboxylic acids is 2. The molecule has 0 bridgehead atoms. The summed E-state index contributed by atoms with van der Waals surface area (Å²) >= 11 is 0. The summed E-state index contributed by atoms with van der Waals surface area (Å²) in [4.78, 5) is 22.3. The highest BCUT2D eigenvalue weighted by molar-refractivity contribution is 5.87. The number of benzene rings is 1. The summed E-state index contributed by atoms with van der Waals surface area (Å²) in [7, 11) is 0. The zero-order valence-electron chi connectivity index (χ0n) is 11.1. The highest BCUT2D eigenvalue weighted by Gasteiger charge is 2.03. The van der Waals surface area contributed by atoms with Crippen molar-refractivity contribution >= 4 is 18.0 Å². The first kappa shape index (κ1) is 15.6. The molecular formula is C15H15FO4. The van der Waals surface area contributed by atoms with Gasteiger partial charge in [0.1, 0.15) is 19.0 Å². The molecule has 0 aliphatic heterocycles. The first-order valence-corrected chi connectivity index (χ1v) is 5.92. The van der Waals surface area contributed by atoms with Gasteiger partial charge in [0.25, 0.3) is 0 Å². The van der Waals surface area contributed by atoms with Gasteiger partial charge in [-0.2, -0.15) is 0 Å². The van der Waals surface area contributed by atoms with Crippen molar-refractivity contribution in [1.82, 2.24) is 0 Å². The number of ether oxygens (including phenoxy) is 2. The third-order valence-electron chi connectivity index (χ3n) is 2.19. The van der Waals surface area contributed by atoms with Crippen LogP contribution in [0.5, 0.6) is 0 Å². The molecule has 20 heavy (non-hydrogen) atoms. The van der Waals surface area contributed by atoms with E-state index in [0.29, 0.717) is 5.56 Å². The van der Waals surface area contributed by atoms with E-state index in [0.717, 1.165) is 0 Å². The van der Waals surface area contributed by atoms with E-state index in [1.165, 1.54) is 43.3 Å². The topological polar surface area (TPSA) is 52.6 Å². The Morgan fingerprint density at radius 2 is 1.80 bits per heavy atom. The summed E-state index contributed by atoms with van der Waals surface area (Å²) in [6, 6.07) is 5.66. The van der Waals surface area contributed by atoms with E-state index in [9.17, 15) is 14.0 Å². The normalized spacial score (nSPS) is 10.3. The highest BCUT2D eigenvalue weighted by Crippen LogP contribution is 2.04. The fourth-order valence-corrected chi connectivity index (χ4v) is 1.19. The molecule has 106 valence electrons. The van der Waals surface area contributed by atoms with Crippen LogP contribution in [0.3, 0.4) is 0 Å². The Balaban J connectivity index is 2.28. The van der Waals surface area contributed by atoms with Crippen molar-refractivity contribution in [2.75, 3.05) is 13.2 Å². The van der Waals surface area contributed by atoms with E-state index in [2.05, 4.69) is 6.58 Å². The van der Waals surface area contributed by atoms with Gasteiger partial charge in [-0.1, -0.05) is 18.7 Å². The SMILES string of the molecule is C=C(C)C(=O)OCCOC(=O)C=Cc1ccc(F)cc1. The Labute approximate surface area is 116 Å². The maximum atomic E-state index is 12.6. The van der Waals surface area contributed by atoms with Crippen LogP contribution < -0.4 is 0 Å². The molecule has 0 aliphatic rings. The van der Waals surface area contributed by atoms with Crippen molar-refractivity contribution in [2.45, 2.75) is 6.92 Å². The van der Waals surface area contributed by atoms with Gasteiger partial charge in [0.2, 0.25) is 0 Å². The molecule has 0 saturated carbocycles. The summed E-state index contributed by atoms with van der Waals surface area (Å²) in [5.74, 6) is -1.44. The molecule has 0 fully saturated rings. The second-order valence-electron chi connectivity index (χ2n) is 3.97. The van der Waals surface area contributed by atoms with Crippen molar-refractivity contribution in [3.63, 3.8) is 0 Å². The molecule has 0 spiro atoms. The van der Waals surface area contributed by atoms with E-state index >= 15 is 0 Å². The molecular weight excluding hydrogens is 263 g/mol. The minimum Gasteiger partial charge on any atom is -0.459 e. The van der Waals surface area contributed by atoms with Gasteiger partial charge >= 0.3 is 11.9 Å². The standard InChI is InChI=1S/C15H15FO4/c1-11(2)15(18)20-10-9-19-14(17)8-5-12-3-6-13(16)7-4-12/h3-8H,1,9-10H2,2H3. The first-order chi connectivity index (χ1) is 9.49. The number of esters is 2. The minimum atomic E-state index is -0.569. The molecule has 0 N–H and O–H groups in total. The molecule has 0 atom stereocenters. The predicted molar refractivity (Wildman–Crippen MR) is 72.2 cm³/mol. The van der Waals surface area contributed by atoms with Crippen LogP contribution in [-0.4, -0.2) is 25.2 Å². The third-order valence-corrected chi connectivity index (χ3v) is 2.19. The lowest BCUT2D eigenvalue weighted by Crippen LogP contribution is -2.12. The van der Waals surface area contributed by atoms with Gasteiger partial charge < -0.3 is 9.47 Å². The molecule has 0 aromatic heterocycles. The lowest BCUT2D eigenvalue weighted by atomic mass is 10.2. The van der Waals surface area contributed by atoms with E-state index < -0.39 is 11.9 Å². The monoisotopic (exact) mass is 278 g/mol. The van der Waals surface area contributed by atoms with Gasteiger partial charge in [0.05, 0.1) is 0 Å². The molecule has 0 saturated heterocycles. The van der Waals surface area contributed by atoms with E-state index in [4.69, 9.17) is 9.47 Å².